The molecule has 0 aliphatic heterocycles. The number of ether oxygens (including phenoxy) is 2. The zero-order valence-electron chi connectivity index (χ0n) is 11.0. The van der Waals surface area contributed by atoms with Crippen LogP contribution >= 0.6 is 15.9 Å². The van der Waals surface area contributed by atoms with Crippen molar-refractivity contribution in [1.29, 1.82) is 0 Å². The molecule has 0 bridgehead atoms. The summed E-state index contributed by atoms with van der Waals surface area (Å²) in [6.45, 7) is 2.34. The first-order valence-electron chi connectivity index (χ1n) is 6.26. The van der Waals surface area contributed by atoms with Crippen molar-refractivity contribution in [2.75, 3.05) is 13.7 Å². The van der Waals surface area contributed by atoms with E-state index in [-0.39, 0.29) is 0 Å². The predicted octanol–water partition coefficient (Wildman–Crippen LogP) is 3.43. The van der Waals surface area contributed by atoms with Crippen molar-refractivity contribution >= 4 is 21.9 Å². The summed E-state index contributed by atoms with van der Waals surface area (Å²) in [6, 6.07) is 3.51. The molecule has 0 heterocycles. The zero-order valence-corrected chi connectivity index (χ0v) is 12.6. The number of benzene rings is 1. The van der Waals surface area contributed by atoms with E-state index in [0.29, 0.717) is 29.6 Å². The van der Waals surface area contributed by atoms with Gasteiger partial charge in [0.15, 0.2) is 11.5 Å². The van der Waals surface area contributed by atoms with Crippen LogP contribution in [0.25, 0.3) is 0 Å². The Kier molecular flexibility index (Phi) is 4.34. The number of rotatable bonds is 6. The number of hydrogen-bond donors (Lipinski definition) is 1. The maximum atomic E-state index is 11.1. The minimum Gasteiger partial charge on any atom is -0.493 e. The van der Waals surface area contributed by atoms with Crippen molar-refractivity contribution in [3.05, 3.63) is 22.2 Å². The Morgan fingerprint density at radius 2 is 2.16 bits per heavy atom. The molecule has 1 aromatic carbocycles. The van der Waals surface area contributed by atoms with E-state index in [0.717, 1.165) is 4.47 Å². The number of hydrogen-bond acceptors (Lipinski definition) is 3. The molecule has 104 valence electrons. The van der Waals surface area contributed by atoms with Gasteiger partial charge in [0.25, 0.3) is 0 Å². The van der Waals surface area contributed by atoms with Crippen molar-refractivity contribution in [3.63, 3.8) is 0 Å². The molecule has 1 saturated carbocycles. The fourth-order valence-corrected chi connectivity index (χ4v) is 2.45. The van der Waals surface area contributed by atoms with E-state index in [1.807, 2.05) is 0 Å². The predicted molar refractivity (Wildman–Crippen MR) is 75.0 cm³/mol. The van der Waals surface area contributed by atoms with Gasteiger partial charge in [0.2, 0.25) is 0 Å². The van der Waals surface area contributed by atoms with Crippen LogP contribution in [-0.2, 0) is 4.79 Å². The third-order valence-electron chi connectivity index (χ3n) is 3.29. The average Bonchev–Trinajstić information content (AvgIpc) is 3.19. The second kappa shape index (κ2) is 5.82. The van der Waals surface area contributed by atoms with Crippen LogP contribution < -0.4 is 9.47 Å². The number of methoxy groups -OCH3 is 1. The highest BCUT2D eigenvalue weighted by Crippen LogP contribution is 2.38. The summed E-state index contributed by atoms with van der Waals surface area (Å²) in [5.74, 6) is 0.422. The molecule has 1 fully saturated rings. The van der Waals surface area contributed by atoms with Gasteiger partial charge in [-0.05, 0) is 43.4 Å². The molecule has 2 rings (SSSR count). The Bertz CT molecular complexity index is 483. The number of carboxylic acids is 1. The van der Waals surface area contributed by atoms with Gasteiger partial charge in [-0.1, -0.05) is 15.9 Å². The summed E-state index contributed by atoms with van der Waals surface area (Å²) in [6.07, 6.45) is 2.44. The molecule has 1 N–H and O–H groups in total. The van der Waals surface area contributed by atoms with Crippen molar-refractivity contribution in [3.8, 4) is 11.5 Å². The van der Waals surface area contributed by atoms with Crippen molar-refractivity contribution in [2.45, 2.75) is 25.7 Å². The number of halogens is 1. The lowest BCUT2D eigenvalue weighted by atomic mass is 10.0. The van der Waals surface area contributed by atoms with Crippen LogP contribution in [0.4, 0.5) is 0 Å². The summed E-state index contributed by atoms with van der Waals surface area (Å²) >= 11 is 3.40. The van der Waals surface area contributed by atoms with Crippen LogP contribution in [0.2, 0.25) is 0 Å². The largest absolute Gasteiger partial charge is 0.493 e. The third kappa shape index (κ3) is 3.41. The summed E-state index contributed by atoms with van der Waals surface area (Å²) in [4.78, 5) is 11.1. The minimum atomic E-state index is -0.866. The smallest absolute Gasteiger partial charge is 0.310 e. The van der Waals surface area contributed by atoms with E-state index in [1.165, 1.54) is 12.8 Å². The van der Waals surface area contributed by atoms with Gasteiger partial charge in [-0.15, -0.1) is 0 Å². The van der Waals surface area contributed by atoms with Crippen LogP contribution in [0.3, 0.4) is 0 Å². The summed E-state index contributed by atoms with van der Waals surface area (Å²) in [7, 11) is 1.56. The molecule has 4 nitrogen and oxygen atoms in total. The third-order valence-corrected chi connectivity index (χ3v) is 3.98. The SMILES string of the molecule is COc1cc(C(C)C(=O)O)c(Br)cc1OCC1CC1. The fraction of sp³-hybridized carbons (Fsp3) is 0.500. The lowest BCUT2D eigenvalue weighted by molar-refractivity contribution is -0.138. The Morgan fingerprint density at radius 1 is 1.47 bits per heavy atom. The number of carboxylic acid groups (broad SMARTS) is 1. The average molecular weight is 329 g/mol. The van der Waals surface area contributed by atoms with Crippen LogP contribution in [0.5, 0.6) is 11.5 Å². The van der Waals surface area contributed by atoms with E-state index < -0.39 is 11.9 Å². The molecule has 0 amide bonds. The Morgan fingerprint density at radius 3 is 2.68 bits per heavy atom. The molecular formula is C14H17BrO4. The molecule has 19 heavy (non-hydrogen) atoms. The van der Waals surface area contributed by atoms with Gasteiger partial charge in [-0.2, -0.15) is 0 Å². The maximum absolute atomic E-state index is 11.1. The molecule has 1 unspecified atom stereocenters. The van der Waals surface area contributed by atoms with Crippen molar-refractivity contribution in [1.82, 2.24) is 0 Å². The molecule has 1 aliphatic rings. The van der Waals surface area contributed by atoms with E-state index in [2.05, 4.69) is 15.9 Å². The zero-order chi connectivity index (χ0) is 14.0. The van der Waals surface area contributed by atoms with Gasteiger partial charge in [0.05, 0.1) is 19.6 Å². The number of aliphatic carboxylic acids is 1. The number of carbonyl (C=O) groups is 1. The van der Waals surface area contributed by atoms with Crippen molar-refractivity contribution in [2.24, 2.45) is 5.92 Å². The first-order valence-corrected chi connectivity index (χ1v) is 7.05. The Hall–Kier alpha value is -1.23. The highest BCUT2D eigenvalue weighted by atomic mass is 79.9. The van der Waals surface area contributed by atoms with E-state index in [4.69, 9.17) is 14.6 Å². The van der Waals surface area contributed by atoms with Gasteiger partial charge < -0.3 is 14.6 Å². The second-order valence-corrected chi connectivity index (χ2v) is 5.69. The monoisotopic (exact) mass is 328 g/mol. The lowest BCUT2D eigenvalue weighted by Gasteiger charge is -2.15. The molecular weight excluding hydrogens is 312 g/mol. The lowest BCUT2D eigenvalue weighted by Crippen LogP contribution is -2.09. The van der Waals surface area contributed by atoms with E-state index in [1.54, 1.807) is 26.2 Å². The summed E-state index contributed by atoms with van der Waals surface area (Å²) in [5.41, 5.74) is 0.683. The molecule has 1 aromatic rings. The van der Waals surface area contributed by atoms with Crippen LogP contribution in [0, 0.1) is 5.92 Å². The Balaban J connectivity index is 2.24. The molecule has 1 aliphatic carbocycles. The van der Waals surface area contributed by atoms with Crippen LogP contribution in [-0.4, -0.2) is 24.8 Å². The highest BCUT2D eigenvalue weighted by molar-refractivity contribution is 9.10. The van der Waals surface area contributed by atoms with Gasteiger partial charge in [-0.25, -0.2) is 0 Å². The molecule has 0 spiro atoms. The summed E-state index contributed by atoms with van der Waals surface area (Å²) in [5, 5.41) is 9.08. The van der Waals surface area contributed by atoms with Gasteiger partial charge in [0.1, 0.15) is 0 Å². The van der Waals surface area contributed by atoms with Gasteiger partial charge in [-0.3, -0.25) is 4.79 Å². The molecule has 0 saturated heterocycles. The first kappa shape index (κ1) is 14.2. The fourth-order valence-electron chi connectivity index (χ4n) is 1.78. The first-order chi connectivity index (χ1) is 9.02. The Labute approximate surface area is 120 Å². The quantitative estimate of drug-likeness (QED) is 0.869. The normalized spacial score (nSPS) is 15.9. The van der Waals surface area contributed by atoms with Gasteiger partial charge in [0, 0.05) is 4.47 Å². The molecule has 1 atom stereocenters. The van der Waals surface area contributed by atoms with Crippen LogP contribution in [0.1, 0.15) is 31.2 Å². The molecule has 5 heteroatoms. The van der Waals surface area contributed by atoms with Crippen molar-refractivity contribution < 1.29 is 19.4 Å². The van der Waals surface area contributed by atoms with Gasteiger partial charge >= 0.3 is 5.97 Å². The molecule has 0 radical (unpaired) electrons. The summed E-state index contributed by atoms with van der Waals surface area (Å²) < 4.78 is 11.7. The standard InChI is InChI=1S/C14H17BrO4/c1-8(14(16)17)10-5-12(18-2)13(6-11(10)15)19-7-9-3-4-9/h5-6,8-9H,3-4,7H2,1-2H3,(H,16,17). The minimum absolute atomic E-state index is 0.576. The van der Waals surface area contributed by atoms with E-state index >= 15 is 0 Å². The van der Waals surface area contributed by atoms with E-state index in [9.17, 15) is 4.79 Å². The maximum Gasteiger partial charge on any atom is 0.310 e. The van der Waals surface area contributed by atoms with Crippen LogP contribution in [0.15, 0.2) is 16.6 Å². The topological polar surface area (TPSA) is 55.8 Å². The second-order valence-electron chi connectivity index (χ2n) is 4.84. The highest BCUT2D eigenvalue weighted by Gasteiger charge is 2.24. The molecule has 0 aromatic heterocycles.